The van der Waals surface area contributed by atoms with Crippen LogP contribution in [0.3, 0.4) is 0 Å². The van der Waals surface area contributed by atoms with Crippen LogP contribution >= 0.6 is 0 Å². The van der Waals surface area contributed by atoms with E-state index in [1.165, 1.54) is 19.4 Å². The normalized spacial score (nSPS) is 28.2. The summed E-state index contributed by atoms with van der Waals surface area (Å²) in [4.78, 5) is 17.4. The fourth-order valence-electron chi connectivity index (χ4n) is 3.94. The van der Waals surface area contributed by atoms with Crippen LogP contribution in [0.5, 0.6) is 0 Å². The van der Waals surface area contributed by atoms with Crippen LogP contribution in [-0.4, -0.2) is 57.7 Å². The van der Waals surface area contributed by atoms with Gasteiger partial charge in [-0.25, -0.2) is 0 Å². The smallest absolute Gasteiger partial charge is 0.227 e. The molecule has 2 fully saturated rings. The Balaban J connectivity index is 1.65. The number of carbonyl (C=O) groups excluding carboxylic acids is 1. The highest BCUT2D eigenvalue weighted by molar-refractivity contribution is 5.79. The Morgan fingerprint density at radius 3 is 2.71 bits per heavy atom. The van der Waals surface area contributed by atoms with Crippen LogP contribution in [0.25, 0.3) is 0 Å². The van der Waals surface area contributed by atoms with Crippen molar-refractivity contribution in [2.75, 3.05) is 20.1 Å². The Kier molecular flexibility index (Phi) is 4.29. The third-order valence-electron chi connectivity index (χ3n) is 5.05. The molecule has 21 heavy (non-hydrogen) atoms. The van der Waals surface area contributed by atoms with Crippen LogP contribution in [0.15, 0.2) is 18.5 Å². The Morgan fingerprint density at radius 2 is 2.05 bits per heavy atom. The maximum atomic E-state index is 12.8. The zero-order chi connectivity index (χ0) is 14.8. The lowest BCUT2D eigenvalue weighted by Crippen LogP contribution is -2.49. The highest BCUT2D eigenvalue weighted by atomic mass is 16.2. The van der Waals surface area contributed by atoms with Gasteiger partial charge in [0.1, 0.15) is 0 Å². The number of aromatic nitrogens is 2. The highest BCUT2D eigenvalue weighted by Crippen LogP contribution is 2.30. The molecule has 3 unspecified atom stereocenters. The van der Waals surface area contributed by atoms with Gasteiger partial charge in [0.2, 0.25) is 5.91 Å². The fourth-order valence-corrected chi connectivity index (χ4v) is 3.94. The second kappa shape index (κ2) is 6.18. The molecule has 0 bridgehead atoms. The van der Waals surface area contributed by atoms with E-state index in [0.717, 1.165) is 19.4 Å². The predicted molar refractivity (Wildman–Crippen MR) is 81.8 cm³/mol. The molecule has 0 aromatic carbocycles. The third-order valence-corrected chi connectivity index (χ3v) is 5.05. The molecular formula is C16H26N4O. The fraction of sp³-hybridized carbons (Fsp3) is 0.750. The van der Waals surface area contributed by atoms with E-state index in [-0.39, 0.29) is 5.92 Å². The van der Waals surface area contributed by atoms with Crippen molar-refractivity contribution in [3.05, 3.63) is 18.5 Å². The summed E-state index contributed by atoms with van der Waals surface area (Å²) in [6.45, 7) is 4.80. The molecule has 1 aromatic rings. The molecular weight excluding hydrogens is 264 g/mol. The zero-order valence-corrected chi connectivity index (χ0v) is 13.1. The van der Waals surface area contributed by atoms with Crippen molar-refractivity contribution in [2.24, 2.45) is 5.92 Å². The van der Waals surface area contributed by atoms with Gasteiger partial charge >= 0.3 is 0 Å². The van der Waals surface area contributed by atoms with Crippen molar-refractivity contribution in [2.45, 2.75) is 51.2 Å². The summed E-state index contributed by atoms with van der Waals surface area (Å²) < 4.78 is 1.86. The van der Waals surface area contributed by atoms with E-state index in [0.29, 0.717) is 24.5 Å². The molecule has 0 radical (unpaired) electrons. The molecule has 2 aliphatic rings. The maximum absolute atomic E-state index is 12.8. The van der Waals surface area contributed by atoms with Crippen LogP contribution in [-0.2, 0) is 11.3 Å². The molecule has 1 aromatic heterocycles. The minimum atomic E-state index is -0.00258. The molecule has 3 heterocycles. The number of nitrogens with zero attached hydrogens (tertiary/aromatic N) is 4. The topological polar surface area (TPSA) is 41.4 Å². The molecule has 3 atom stereocenters. The molecule has 5 heteroatoms. The van der Waals surface area contributed by atoms with Crippen LogP contribution < -0.4 is 0 Å². The van der Waals surface area contributed by atoms with Crippen LogP contribution in [0, 0.1) is 5.92 Å². The Bertz CT molecular complexity index is 473. The van der Waals surface area contributed by atoms with Gasteiger partial charge in [-0.15, -0.1) is 0 Å². The van der Waals surface area contributed by atoms with Gasteiger partial charge in [-0.05, 0) is 45.3 Å². The summed E-state index contributed by atoms with van der Waals surface area (Å²) in [7, 11) is 2.20. The molecule has 1 amide bonds. The quantitative estimate of drug-likeness (QED) is 0.846. The third kappa shape index (κ3) is 2.98. The number of hydrogen-bond acceptors (Lipinski definition) is 3. The van der Waals surface area contributed by atoms with Gasteiger partial charge in [0.05, 0.1) is 12.5 Å². The molecule has 116 valence electrons. The number of likely N-dealkylation sites (tertiary alicyclic amines) is 2. The number of amides is 1. The van der Waals surface area contributed by atoms with Gasteiger partial charge in [0.15, 0.2) is 0 Å². The van der Waals surface area contributed by atoms with E-state index in [2.05, 4.69) is 21.9 Å². The molecule has 0 N–H and O–H groups in total. The lowest BCUT2D eigenvalue weighted by atomic mass is 10.0. The zero-order valence-electron chi connectivity index (χ0n) is 13.1. The first kappa shape index (κ1) is 14.6. The molecule has 0 aliphatic carbocycles. The lowest BCUT2D eigenvalue weighted by Gasteiger charge is -2.34. The van der Waals surface area contributed by atoms with Crippen molar-refractivity contribution in [3.8, 4) is 0 Å². The van der Waals surface area contributed by atoms with E-state index in [4.69, 9.17) is 0 Å². The van der Waals surface area contributed by atoms with Crippen molar-refractivity contribution < 1.29 is 4.79 Å². The van der Waals surface area contributed by atoms with E-state index in [9.17, 15) is 4.79 Å². The minimum Gasteiger partial charge on any atom is -0.338 e. The van der Waals surface area contributed by atoms with Crippen LogP contribution in [0.1, 0.15) is 32.6 Å². The molecule has 2 saturated heterocycles. The van der Waals surface area contributed by atoms with Crippen molar-refractivity contribution >= 4 is 5.91 Å². The van der Waals surface area contributed by atoms with Gasteiger partial charge in [-0.1, -0.05) is 6.92 Å². The van der Waals surface area contributed by atoms with Crippen molar-refractivity contribution in [1.29, 1.82) is 0 Å². The Hall–Kier alpha value is -1.36. The number of hydrogen-bond donors (Lipinski definition) is 0. The van der Waals surface area contributed by atoms with Gasteiger partial charge in [-0.2, -0.15) is 5.10 Å². The Labute approximate surface area is 126 Å². The number of rotatable bonds is 4. The summed E-state index contributed by atoms with van der Waals surface area (Å²) in [6.07, 6.45) is 8.50. The first-order valence-corrected chi connectivity index (χ1v) is 8.15. The average Bonchev–Trinajstić information content (AvgIpc) is 3.18. The molecule has 0 spiro atoms. The Morgan fingerprint density at radius 1 is 1.29 bits per heavy atom. The first-order chi connectivity index (χ1) is 10.2. The van der Waals surface area contributed by atoms with Gasteiger partial charge in [-0.3, -0.25) is 9.48 Å². The lowest BCUT2D eigenvalue weighted by molar-refractivity contribution is -0.137. The summed E-state index contributed by atoms with van der Waals surface area (Å²) >= 11 is 0. The number of carbonyl (C=O) groups is 1. The first-order valence-electron chi connectivity index (χ1n) is 8.15. The predicted octanol–water partition coefficient (Wildman–Crippen LogP) is 1.60. The van der Waals surface area contributed by atoms with E-state index < -0.39 is 0 Å². The summed E-state index contributed by atoms with van der Waals surface area (Å²) in [5.74, 6) is 0.297. The highest BCUT2D eigenvalue weighted by Gasteiger charge is 2.39. The van der Waals surface area contributed by atoms with Crippen molar-refractivity contribution in [1.82, 2.24) is 19.6 Å². The molecule has 0 saturated carbocycles. The molecule has 2 aliphatic heterocycles. The summed E-state index contributed by atoms with van der Waals surface area (Å²) in [6, 6.07) is 2.89. The largest absolute Gasteiger partial charge is 0.338 e. The van der Waals surface area contributed by atoms with Crippen LogP contribution in [0.2, 0.25) is 0 Å². The van der Waals surface area contributed by atoms with Crippen molar-refractivity contribution in [3.63, 3.8) is 0 Å². The van der Waals surface area contributed by atoms with E-state index in [1.54, 1.807) is 6.20 Å². The summed E-state index contributed by atoms with van der Waals surface area (Å²) in [5, 5.41) is 4.21. The van der Waals surface area contributed by atoms with Crippen LogP contribution in [0.4, 0.5) is 0 Å². The molecule has 5 nitrogen and oxygen atoms in total. The van der Waals surface area contributed by atoms with E-state index in [1.807, 2.05) is 23.9 Å². The second-order valence-corrected chi connectivity index (χ2v) is 6.56. The van der Waals surface area contributed by atoms with Gasteiger partial charge < -0.3 is 9.80 Å². The summed E-state index contributed by atoms with van der Waals surface area (Å²) in [5.41, 5.74) is 0. The van der Waals surface area contributed by atoms with Gasteiger partial charge in [0.25, 0.3) is 0 Å². The van der Waals surface area contributed by atoms with Gasteiger partial charge in [0, 0.05) is 31.0 Å². The number of likely N-dealkylation sites (N-methyl/N-ethyl adjacent to an activating group) is 1. The SMILES string of the molecule is CC(Cn1cccn1)C(=O)N1CCCC1C1CCCN1C. The average molecular weight is 290 g/mol. The molecule has 3 rings (SSSR count). The van der Waals surface area contributed by atoms with E-state index >= 15 is 0 Å². The standard InChI is InChI=1S/C16H26N4O/c1-13(12-19-10-5-8-17-19)16(21)20-11-4-7-15(20)14-6-3-9-18(14)2/h5,8,10,13-15H,3-4,6-7,9,11-12H2,1-2H3. The maximum Gasteiger partial charge on any atom is 0.227 e. The minimum absolute atomic E-state index is 0.00258. The second-order valence-electron chi connectivity index (χ2n) is 6.56. The monoisotopic (exact) mass is 290 g/mol.